The van der Waals surface area contributed by atoms with Crippen LogP contribution in [0.1, 0.15) is 22.3 Å². The first-order valence-corrected chi connectivity index (χ1v) is 7.33. The van der Waals surface area contributed by atoms with Crippen molar-refractivity contribution in [2.24, 2.45) is 0 Å². The van der Waals surface area contributed by atoms with Crippen molar-refractivity contribution in [2.75, 3.05) is 13.1 Å². The van der Waals surface area contributed by atoms with Gasteiger partial charge >= 0.3 is 11.9 Å². The molecule has 25 heavy (non-hydrogen) atoms. The molecule has 9 heteroatoms. The topological polar surface area (TPSA) is 144 Å². The summed E-state index contributed by atoms with van der Waals surface area (Å²) in [6, 6.07) is 5.91. The number of carbonyl (C=O) groups is 4. The van der Waals surface area contributed by atoms with Crippen molar-refractivity contribution in [3.63, 3.8) is 0 Å². The standard InChI is InChI=1S/C16H16N2O7/c19-11-5-6-18(8-9-1-3-10(4-2-9)16(24)25)15(23)13(11)14(22)17-7-12(20)21/h1-4,19H,5-8H2,(H,17,22)(H,20,21)(H,24,25). The lowest BCUT2D eigenvalue weighted by atomic mass is 10.0. The number of nitrogens with one attached hydrogen (secondary N) is 1. The van der Waals surface area contributed by atoms with Gasteiger partial charge in [-0.1, -0.05) is 12.1 Å². The van der Waals surface area contributed by atoms with Gasteiger partial charge in [0.05, 0.1) is 5.56 Å². The minimum Gasteiger partial charge on any atom is -0.511 e. The lowest BCUT2D eigenvalue weighted by molar-refractivity contribution is -0.138. The second-order valence-electron chi connectivity index (χ2n) is 5.38. The third kappa shape index (κ3) is 4.34. The van der Waals surface area contributed by atoms with E-state index in [0.29, 0.717) is 5.56 Å². The monoisotopic (exact) mass is 348 g/mol. The van der Waals surface area contributed by atoms with E-state index in [2.05, 4.69) is 0 Å². The van der Waals surface area contributed by atoms with Gasteiger partial charge in [0.2, 0.25) is 0 Å². The zero-order chi connectivity index (χ0) is 18.6. The van der Waals surface area contributed by atoms with E-state index in [0.717, 1.165) is 0 Å². The SMILES string of the molecule is O=C(O)CNC(=O)C1=C(O)CCN(Cc2ccc(C(=O)O)cc2)C1=O. The third-order valence-corrected chi connectivity index (χ3v) is 3.61. The minimum absolute atomic E-state index is 0.0643. The second kappa shape index (κ2) is 7.47. The third-order valence-electron chi connectivity index (χ3n) is 3.61. The number of amides is 2. The maximum atomic E-state index is 12.4. The summed E-state index contributed by atoms with van der Waals surface area (Å²) in [5, 5.41) is 29.3. The molecule has 9 nitrogen and oxygen atoms in total. The molecule has 0 atom stereocenters. The Labute approximate surface area is 142 Å². The van der Waals surface area contributed by atoms with Gasteiger partial charge in [0, 0.05) is 19.5 Å². The first kappa shape index (κ1) is 18.0. The number of carbonyl (C=O) groups excluding carboxylic acids is 2. The quantitative estimate of drug-likeness (QED) is 0.535. The lowest BCUT2D eigenvalue weighted by Gasteiger charge is -2.28. The number of aliphatic hydroxyl groups is 1. The van der Waals surface area contributed by atoms with Crippen LogP contribution in [-0.4, -0.2) is 57.1 Å². The molecule has 132 valence electrons. The molecule has 4 N–H and O–H groups in total. The molecule has 1 aliphatic rings. The van der Waals surface area contributed by atoms with E-state index in [1.807, 2.05) is 5.32 Å². The van der Waals surface area contributed by atoms with Crippen molar-refractivity contribution >= 4 is 23.8 Å². The predicted octanol–water partition coefficient (Wildman–Crippen LogP) is 0.130. The highest BCUT2D eigenvalue weighted by atomic mass is 16.4. The highest BCUT2D eigenvalue weighted by Gasteiger charge is 2.32. The summed E-state index contributed by atoms with van der Waals surface area (Å²) in [6.07, 6.45) is 0.0643. The van der Waals surface area contributed by atoms with Gasteiger partial charge in [-0.15, -0.1) is 0 Å². The average molecular weight is 348 g/mol. The molecule has 0 unspecified atom stereocenters. The summed E-state index contributed by atoms with van der Waals surface area (Å²) in [6.45, 7) is -0.359. The number of aliphatic hydroxyl groups excluding tert-OH is 1. The molecule has 0 aliphatic carbocycles. The van der Waals surface area contributed by atoms with Crippen molar-refractivity contribution in [3.05, 3.63) is 46.7 Å². The number of benzene rings is 1. The van der Waals surface area contributed by atoms with Gasteiger partial charge in [-0.3, -0.25) is 14.4 Å². The van der Waals surface area contributed by atoms with Crippen LogP contribution >= 0.6 is 0 Å². The van der Waals surface area contributed by atoms with Crippen LogP contribution in [0.4, 0.5) is 0 Å². The van der Waals surface area contributed by atoms with Crippen LogP contribution in [0, 0.1) is 0 Å². The molecule has 0 spiro atoms. The number of hydrogen-bond acceptors (Lipinski definition) is 5. The Morgan fingerprint density at radius 2 is 1.76 bits per heavy atom. The number of nitrogens with zero attached hydrogens (tertiary/aromatic N) is 1. The summed E-state index contributed by atoms with van der Waals surface area (Å²) >= 11 is 0. The molecule has 1 heterocycles. The van der Waals surface area contributed by atoms with Crippen LogP contribution in [0.3, 0.4) is 0 Å². The van der Waals surface area contributed by atoms with E-state index in [1.165, 1.54) is 17.0 Å². The molecule has 2 rings (SSSR count). The zero-order valence-corrected chi connectivity index (χ0v) is 13.1. The summed E-state index contributed by atoms with van der Waals surface area (Å²) < 4.78 is 0. The van der Waals surface area contributed by atoms with Crippen molar-refractivity contribution in [3.8, 4) is 0 Å². The van der Waals surface area contributed by atoms with Crippen molar-refractivity contribution in [1.29, 1.82) is 0 Å². The Balaban J connectivity index is 2.11. The number of aliphatic carboxylic acids is 1. The van der Waals surface area contributed by atoms with E-state index < -0.39 is 35.9 Å². The van der Waals surface area contributed by atoms with E-state index >= 15 is 0 Å². The fraction of sp³-hybridized carbons (Fsp3) is 0.250. The van der Waals surface area contributed by atoms with Gasteiger partial charge in [0.1, 0.15) is 17.9 Å². The van der Waals surface area contributed by atoms with Crippen LogP contribution in [0.25, 0.3) is 0 Å². The van der Waals surface area contributed by atoms with Crippen LogP contribution in [0.15, 0.2) is 35.6 Å². The number of carboxylic acids is 2. The number of carboxylic acid groups (broad SMARTS) is 2. The number of rotatable bonds is 6. The van der Waals surface area contributed by atoms with Gasteiger partial charge in [-0.2, -0.15) is 0 Å². The van der Waals surface area contributed by atoms with E-state index in [9.17, 15) is 24.3 Å². The molecule has 0 saturated carbocycles. The van der Waals surface area contributed by atoms with Gasteiger partial charge in [-0.05, 0) is 17.7 Å². The van der Waals surface area contributed by atoms with Crippen LogP contribution in [-0.2, 0) is 20.9 Å². The average Bonchev–Trinajstić information content (AvgIpc) is 2.56. The highest BCUT2D eigenvalue weighted by Crippen LogP contribution is 2.20. The first-order chi connectivity index (χ1) is 11.8. The molecule has 0 radical (unpaired) electrons. The van der Waals surface area contributed by atoms with Gasteiger partial charge in [0.15, 0.2) is 0 Å². The molecule has 0 aromatic heterocycles. The molecule has 1 aromatic carbocycles. The van der Waals surface area contributed by atoms with Crippen molar-refractivity contribution in [2.45, 2.75) is 13.0 Å². The zero-order valence-electron chi connectivity index (χ0n) is 13.1. The second-order valence-corrected chi connectivity index (χ2v) is 5.38. The Bertz CT molecular complexity index is 752. The fourth-order valence-corrected chi connectivity index (χ4v) is 2.35. The van der Waals surface area contributed by atoms with E-state index in [4.69, 9.17) is 10.2 Å². The fourth-order valence-electron chi connectivity index (χ4n) is 2.35. The Kier molecular flexibility index (Phi) is 5.38. The van der Waals surface area contributed by atoms with Gasteiger partial charge in [-0.25, -0.2) is 4.79 Å². The maximum absolute atomic E-state index is 12.4. The molecule has 1 aliphatic heterocycles. The van der Waals surface area contributed by atoms with E-state index in [-0.39, 0.29) is 30.8 Å². The molecule has 0 bridgehead atoms. The molecule has 0 fully saturated rings. The van der Waals surface area contributed by atoms with Crippen LogP contribution in [0.2, 0.25) is 0 Å². The molecule has 0 saturated heterocycles. The van der Waals surface area contributed by atoms with Gasteiger partial charge in [0.25, 0.3) is 11.8 Å². The minimum atomic E-state index is -1.27. The Morgan fingerprint density at radius 1 is 1.12 bits per heavy atom. The summed E-state index contributed by atoms with van der Waals surface area (Å²) in [5.74, 6) is -4.38. The summed E-state index contributed by atoms with van der Waals surface area (Å²) in [4.78, 5) is 47.0. The first-order valence-electron chi connectivity index (χ1n) is 7.33. The van der Waals surface area contributed by atoms with Gasteiger partial charge < -0.3 is 25.5 Å². The molecule has 2 amide bonds. The number of hydrogen-bond donors (Lipinski definition) is 4. The molecular weight excluding hydrogens is 332 g/mol. The molecule has 1 aromatic rings. The van der Waals surface area contributed by atoms with Crippen LogP contribution < -0.4 is 5.32 Å². The summed E-state index contributed by atoms with van der Waals surface area (Å²) in [5.41, 5.74) is 0.291. The molecular formula is C16H16N2O7. The Hall–Kier alpha value is -3.36. The lowest BCUT2D eigenvalue weighted by Crippen LogP contribution is -2.43. The van der Waals surface area contributed by atoms with E-state index in [1.54, 1.807) is 12.1 Å². The Morgan fingerprint density at radius 3 is 2.32 bits per heavy atom. The van der Waals surface area contributed by atoms with Crippen molar-refractivity contribution in [1.82, 2.24) is 10.2 Å². The normalized spacial score (nSPS) is 14.4. The maximum Gasteiger partial charge on any atom is 0.335 e. The summed E-state index contributed by atoms with van der Waals surface area (Å²) in [7, 11) is 0. The van der Waals surface area contributed by atoms with Crippen molar-refractivity contribution < 1.29 is 34.5 Å². The predicted molar refractivity (Wildman–Crippen MR) is 83.7 cm³/mol. The largest absolute Gasteiger partial charge is 0.511 e. The smallest absolute Gasteiger partial charge is 0.335 e. The highest BCUT2D eigenvalue weighted by molar-refractivity contribution is 6.19. The van der Waals surface area contributed by atoms with Crippen LogP contribution in [0.5, 0.6) is 0 Å². The number of aromatic carboxylic acids is 1.